The highest BCUT2D eigenvalue weighted by Crippen LogP contribution is 2.30. The van der Waals surface area contributed by atoms with Gasteiger partial charge in [-0.25, -0.2) is 0 Å². The number of carbonyl (C=O) groups excluding carboxylic acids is 1. The van der Waals surface area contributed by atoms with Crippen LogP contribution in [0, 0.1) is 30.1 Å². The number of aromatic nitrogens is 1. The van der Waals surface area contributed by atoms with Gasteiger partial charge in [-0.05, 0) is 61.4 Å². The lowest BCUT2D eigenvalue weighted by molar-refractivity contribution is -0.114. The molecule has 7 nitrogen and oxygen atoms in total. The Labute approximate surface area is 168 Å². The minimum Gasteiger partial charge on any atom is -0.494 e. The Kier molecular flexibility index (Phi) is 6.16. The summed E-state index contributed by atoms with van der Waals surface area (Å²) in [5, 5.41) is 11.0. The normalized spacial score (nSPS) is 16.1. The second-order valence-corrected chi connectivity index (χ2v) is 7.39. The summed E-state index contributed by atoms with van der Waals surface area (Å²) >= 11 is 0.888. The van der Waals surface area contributed by atoms with E-state index in [-0.39, 0.29) is 10.2 Å². The number of amidine groups is 1. The van der Waals surface area contributed by atoms with E-state index < -0.39 is 5.91 Å². The molecule has 0 aromatic carbocycles. The van der Waals surface area contributed by atoms with Gasteiger partial charge in [0.2, 0.25) is 0 Å². The van der Waals surface area contributed by atoms with E-state index in [9.17, 15) is 4.79 Å². The van der Waals surface area contributed by atoms with E-state index in [0.29, 0.717) is 23.8 Å². The van der Waals surface area contributed by atoms with Gasteiger partial charge >= 0.3 is 0 Å². The Hall–Kier alpha value is -3.05. The molecule has 3 rings (SSSR count). The molecule has 1 amide bonds. The molecule has 0 saturated heterocycles. The maximum Gasteiger partial charge on any atom is 0.279 e. The molecular formula is C20H21N5O2S. The summed E-state index contributed by atoms with van der Waals surface area (Å²) in [6.07, 6.45) is 7.16. The van der Waals surface area contributed by atoms with Gasteiger partial charge in [0.05, 0.1) is 13.3 Å². The zero-order valence-corrected chi connectivity index (χ0v) is 16.5. The number of dihydropyridines is 1. The lowest BCUT2D eigenvalue weighted by atomic mass is 9.97. The Morgan fingerprint density at radius 3 is 3.00 bits per heavy atom. The number of thioether (sulfide) groups is 1. The van der Waals surface area contributed by atoms with Crippen molar-refractivity contribution in [2.24, 2.45) is 16.6 Å². The Bertz CT molecular complexity index is 965. The van der Waals surface area contributed by atoms with E-state index in [1.165, 1.54) is 0 Å². The van der Waals surface area contributed by atoms with Crippen LogP contribution in [0.1, 0.15) is 24.1 Å². The summed E-state index contributed by atoms with van der Waals surface area (Å²) in [6, 6.07) is 1.87. The van der Waals surface area contributed by atoms with Crippen LogP contribution in [0.5, 0.6) is 5.75 Å². The van der Waals surface area contributed by atoms with Crippen molar-refractivity contribution >= 4 is 33.5 Å². The minimum atomic E-state index is -0.475. The van der Waals surface area contributed by atoms with E-state index in [2.05, 4.69) is 27.1 Å². The summed E-state index contributed by atoms with van der Waals surface area (Å²) in [7, 11) is 1.56. The maximum atomic E-state index is 12.8. The van der Waals surface area contributed by atoms with Gasteiger partial charge in [0.15, 0.2) is 5.17 Å². The first-order valence-corrected chi connectivity index (χ1v) is 9.60. The monoisotopic (exact) mass is 395 g/mol. The number of aryl methyl sites for hydroxylation is 1. The maximum absolute atomic E-state index is 12.8. The topological polar surface area (TPSA) is 113 Å². The molecule has 1 aromatic rings. The van der Waals surface area contributed by atoms with Gasteiger partial charge in [-0.2, -0.15) is 4.99 Å². The highest BCUT2D eigenvalue weighted by Gasteiger charge is 2.21. The van der Waals surface area contributed by atoms with E-state index in [4.69, 9.17) is 15.9 Å². The average Bonchev–Trinajstić information content (AvgIpc) is 3.50. The molecular weight excluding hydrogens is 374 g/mol. The van der Waals surface area contributed by atoms with Gasteiger partial charge in [-0.15, -0.1) is 0 Å². The number of carbonyl (C=O) groups is 1. The molecule has 1 aliphatic heterocycles. The molecule has 0 unspecified atom stereocenters. The molecule has 4 N–H and O–H groups in total. The van der Waals surface area contributed by atoms with Crippen LogP contribution in [0.15, 0.2) is 35.1 Å². The Morgan fingerprint density at radius 1 is 1.50 bits per heavy atom. The van der Waals surface area contributed by atoms with Crippen LogP contribution in [0.25, 0.3) is 5.57 Å². The fourth-order valence-electron chi connectivity index (χ4n) is 2.59. The molecule has 144 valence electrons. The van der Waals surface area contributed by atoms with Gasteiger partial charge in [0.1, 0.15) is 10.8 Å². The van der Waals surface area contributed by atoms with Gasteiger partial charge in [-0.3, -0.25) is 15.2 Å². The van der Waals surface area contributed by atoms with Gasteiger partial charge in [0, 0.05) is 29.3 Å². The summed E-state index contributed by atoms with van der Waals surface area (Å²) in [5.41, 5.74) is 8.61. The fraction of sp³-hybridized carbons (Fsp3) is 0.300. The molecule has 1 fully saturated rings. The predicted octanol–water partition coefficient (Wildman–Crippen LogP) is 2.23. The smallest absolute Gasteiger partial charge is 0.279 e. The fourth-order valence-corrected chi connectivity index (χ4v) is 3.04. The van der Waals surface area contributed by atoms with Crippen molar-refractivity contribution in [3.63, 3.8) is 0 Å². The first-order chi connectivity index (χ1) is 13.5. The first-order valence-electron chi connectivity index (χ1n) is 8.78. The third-order valence-electron chi connectivity index (χ3n) is 4.14. The predicted molar refractivity (Wildman–Crippen MR) is 112 cm³/mol. The molecule has 1 saturated carbocycles. The molecule has 0 radical (unpaired) electrons. The molecule has 0 spiro atoms. The molecule has 1 aromatic heterocycles. The summed E-state index contributed by atoms with van der Waals surface area (Å²) in [6.45, 7) is 2.32. The SMILES string of the molecule is COc1cnc(C)cc1C1=C(C(=O)N=C(N)SC(=N)C#CC2CC2)C=CNC1. The number of nitrogens with zero attached hydrogens (tertiary/aromatic N) is 2. The van der Waals surface area contributed by atoms with Gasteiger partial charge < -0.3 is 15.8 Å². The van der Waals surface area contributed by atoms with Crippen LogP contribution in [0.4, 0.5) is 0 Å². The van der Waals surface area contributed by atoms with Crippen LogP contribution in [-0.2, 0) is 4.79 Å². The van der Waals surface area contributed by atoms with Crippen molar-refractivity contribution in [2.75, 3.05) is 13.7 Å². The van der Waals surface area contributed by atoms with Gasteiger partial charge in [0.25, 0.3) is 5.91 Å². The van der Waals surface area contributed by atoms with E-state index in [1.54, 1.807) is 25.6 Å². The zero-order chi connectivity index (χ0) is 20.1. The number of ether oxygens (including phenoxy) is 1. The summed E-state index contributed by atoms with van der Waals surface area (Å²) < 4.78 is 5.40. The minimum absolute atomic E-state index is 0.00301. The Morgan fingerprint density at radius 2 is 2.29 bits per heavy atom. The number of hydrogen-bond acceptors (Lipinski definition) is 6. The van der Waals surface area contributed by atoms with Crippen LogP contribution < -0.4 is 15.8 Å². The largest absolute Gasteiger partial charge is 0.494 e. The van der Waals surface area contributed by atoms with Crippen LogP contribution in [0.2, 0.25) is 0 Å². The van der Waals surface area contributed by atoms with E-state index in [1.807, 2.05) is 13.0 Å². The lowest BCUT2D eigenvalue weighted by Crippen LogP contribution is -2.20. The zero-order valence-electron chi connectivity index (χ0n) is 15.7. The number of aliphatic imine (C=N–C) groups is 1. The number of methoxy groups -OCH3 is 1. The number of hydrogen-bond donors (Lipinski definition) is 3. The van der Waals surface area contributed by atoms with Crippen molar-refractivity contribution < 1.29 is 9.53 Å². The number of pyridine rings is 1. The van der Waals surface area contributed by atoms with Crippen LogP contribution >= 0.6 is 11.8 Å². The first kappa shape index (κ1) is 19.7. The van der Waals surface area contributed by atoms with Crippen molar-refractivity contribution in [2.45, 2.75) is 19.8 Å². The third-order valence-corrected chi connectivity index (χ3v) is 4.74. The molecule has 2 aliphatic rings. The quantitative estimate of drug-likeness (QED) is 0.411. The second-order valence-electron chi connectivity index (χ2n) is 6.36. The Balaban J connectivity index is 1.85. The summed E-state index contributed by atoms with van der Waals surface area (Å²) in [5.74, 6) is 6.23. The van der Waals surface area contributed by atoms with Crippen molar-refractivity contribution in [1.82, 2.24) is 10.3 Å². The van der Waals surface area contributed by atoms with Crippen molar-refractivity contribution in [3.8, 4) is 17.6 Å². The molecule has 8 heteroatoms. The average molecular weight is 395 g/mol. The molecule has 0 atom stereocenters. The van der Waals surface area contributed by atoms with Crippen molar-refractivity contribution in [3.05, 3.63) is 41.4 Å². The highest BCUT2D eigenvalue weighted by atomic mass is 32.2. The van der Waals surface area contributed by atoms with Crippen LogP contribution in [0.3, 0.4) is 0 Å². The number of nitrogens with two attached hydrogens (primary N) is 1. The number of rotatable bonds is 3. The van der Waals surface area contributed by atoms with Crippen LogP contribution in [-0.4, -0.2) is 34.8 Å². The highest BCUT2D eigenvalue weighted by molar-refractivity contribution is 8.26. The summed E-state index contributed by atoms with van der Waals surface area (Å²) in [4.78, 5) is 20.9. The third kappa shape index (κ3) is 5.02. The molecule has 28 heavy (non-hydrogen) atoms. The number of amides is 1. The standard InChI is InChI=1S/C20H21N5O2S/c1-12-9-15(17(27-2)11-24-12)16-10-23-8-7-14(16)19(26)25-20(22)28-18(21)6-5-13-3-4-13/h7-9,11,13,21,23H,3-4,10H2,1-2H3,(H2,22,25,26). The van der Waals surface area contributed by atoms with E-state index >= 15 is 0 Å². The van der Waals surface area contributed by atoms with E-state index in [0.717, 1.165) is 41.4 Å². The van der Waals surface area contributed by atoms with Gasteiger partial charge in [-0.1, -0.05) is 5.92 Å². The lowest BCUT2D eigenvalue weighted by Gasteiger charge is -2.18. The molecule has 1 aliphatic carbocycles. The second kappa shape index (κ2) is 8.76. The van der Waals surface area contributed by atoms with Crippen molar-refractivity contribution in [1.29, 1.82) is 5.41 Å². The molecule has 2 heterocycles. The number of nitrogens with one attached hydrogen (secondary N) is 2. The molecule has 0 bridgehead atoms.